The van der Waals surface area contributed by atoms with E-state index in [9.17, 15) is 4.79 Å². The monoisotopic (exact) mass is 174 g/mol. The number of rotatable bonds is 2. The summed E-state index contributed by atoms with van der Waals surface area (Å²) in [6, 6.07) is 0. The summed E-state index contributed by atoms with van der Waals surface area (Å²) in [4.78, 5) is 10.7. The molecule has 1 aliphatic heterocycles. The third-order valence-electron chi connectivity index (χ3n) is 2.39. The average Bonchev–Trinajstić information content (AvgIpc) is 2.27. The molecule has 4 nitrogen and oxygen atoms in total. The summed E-state index contributed by atoms with van der Waals surface area (Å²) in [5, 5.41) is 17.6. The minimum atomic E-state index is -1.10. The molecule has 1 saturated heterocycles. The molecule has 70 valence electrons. The number of hydrogen-bond acceptors (Lipinski definition) is 3. The van der Waals surface area contributed by atoms with Crippen LogP contribution in [0.25, 0.3) is 0 Å². The van der Waals surface area contributed by atoms with Gasteiger partial charge in [0.15, 0.2) is 5.60 Å². The van der Waals surface area contributed by atoms with Crippen LogP contribution < -0.4 is 0 Å². The summed E-state index contributed by atoms with van der Waals surface area (Å²) in [6.07, 6.45) is 0.138. The molecule has 1 aliphatic rings. The van der Waals surface area contributed by atoms with Crippen molar-refractivity contribution in [3.8, 4) is 0 Å². The zero-order valence-electron chi connectivity index (χ0n) is 7.28. The molecule has 12 heavy (non-hydrogen) atoms. The van der Waals surface area contributed by atoms with Crippen LogP contribution in [-0.2, 0) is 9.53 Å². The van der Waals surface area contributed by atoms with Gasteiger partial charge in [-0.1, -0.05) is 6.92 Å². The number of carboxylic acid groups (broad SMARTS) is 1. The number of ether oxygens (including phenoxy) is 1. The number of aliphatic hydroxyl groups excluding tert-OH is 1. The Morgan fingerprint density at radius 1 is 1.75 bits per heavy atom. The Kier molecular flexibility index (Phi) is 2.39. The summed E-state index contributed by atoms with van der Waals surface area (Å²) in [7, 11) is 0. The second-order valence-electron chi connectivity index (χ2n) is 3.56. The van der Waals surface area contributed by atoms with Crippen molar-refractivity contribution in [1.29, 1.82) is 0 Å². The van der Waals surface area contributed by atoms with Gasteiger partial charge in [-0.25, -0.2) is 4.79 Å². The van der Waals surface area contributed by atoms with Gasteiger partial charge < -0.3 is 14.9 Å². The molecular weight excluding hydrogens is 160 g/mol. The van der Waals surface area contributed by atoms with Crippen LogP contribution in [0.5, 0.6) is 0 Å². The van der Waals surface area contributed by atoms with Crippen LogP contribution in [0.1, 0.15) is 20.3 Å². The molecule has 1 rings (SSSR count). The highest BCUT2D eigenvalue weighted by Crippen LogP contribution is 2.34. The van der Waals surface area contributed by atoms with Gasteiger partial charge in [-0.15, -0.1) is 0 Å². The van der Waals surface area contributed by atoms with E-state index in [1.54, 1.807) is 6.92 Å². The average molecular weight is 174 g/mol. The van der Waals surface area contributed by atoms with Crippen molar-refractivity contribution in [3.05, 3.63) is 0 Å². The zero-order valence-corrected chi connectivity index (χ0v) is 7.28. The maximum atomic E-state index is 10.7. The highest BCUT2D eigenvalue weighted by atomic mass is 16.5. The SMILES string of the molecule is CC1CC(C)(C(=O)O)OC1CO. The van der Waals surface area contributed by atoms with Crippen molar-refractivity contribution in [2.75, 3.05) is 6.61 Å². The molecule has 1 fully saturated rings. The molecule has 0 saturated carbocycles. The van der Waals surface area contributed by atoms with Crippen molar-refractivity contribution in [1.82, 2.24) is 0 Å². The molecule has 0 amide bonds. The quantitative estimate of drug-likeness (QED) is 0.629. The Balaban J connectivity index is 2.70. The predicted molar refractivity (Wildman–Crippen MR) is 41.8 cm³/mol. The van der Waals surface area contributed by atoms with Crippen molar-refractivity contribution in [2.24, 2.45) is 5.92 Å². The standard InChI is InChI=1S/C8H14O4/c1-5-3-8(2,7(10)11)12-6(5)4-9/h5-6,9H,3-4H2,1-2H3,(H,10,11). The lowest BCUT2D eigenvalue weighted by atomic mass is 9.95. The van der Waals surface area contributed by atoms with Crippen molar-refractivity contribution in [2.45, 2.75) is 32.0 Å². The molecule has 0 aromatic rings. The largest absolute Gasteiger partial charge is 0.479 e. The molecule has 2 N–H and O–H groups in total. The summed E-state index contributed by atoms with van der Waals surface area (Å²) in [5.41, 5.74) is -1.10. The summed E-state index contributed by atoms with van der Waals surface area (Å²) < 4.78 is 5.22. The van der Waals surface area contributed by atoms with Crippen molar-refractivity contribution >= 4 is 5.97 Å². The Bertz CT molecular complexity index is 191. The van der Waals surface area contributed by atoms with Crippen LogP contribution in [0.3, 0.4) is 0 Å². The van der Waals surface area contributed by atoms with Crippen LogP contribution in [0.2, 0.25) is 0 Å². The molecule has 3 atom stereocenters. The smallest absolute Gasteiger partial charge is 0.335 e. The van der Waals surface area contributed by atoms with Gasteiger partial charge in [0.2, 0.25) is 0 Å². The number of hydrogen-bond donors (Lipinski definition) is 2. The lowest BCUT2D eigenvalue weighted by Crippen LogP contribution is -2.35. The third-order valence-corrected chi connectivity index (χ3v) is 2.39. The molecule has 0 radical (unpaired) electrons. The molecule has 0 aromatic heterocycles. The molecule has 0 spiro atoms. The van der Waals surface area contributed by atoms with Gasteiger partial charge in [-0.3, -0.25) is 0 Å². The first-order valence-corrected chi connectivity index (χ1v) is 4.01. The lowest BCUT2D eigenvalue weighted by molar-refractivity contribution is -0.163. The number of aliphatic hydroxyl groups is 1. The summed E-state index contributed by atoms with van der Waals surface area (Å²) in [6.45, 7) is 3.32. The van der Waals surface area contributed by atoms with Gasteiger partial charge in [-0.05, 0) is 19.3 Å². The fourth-order valence-electron chi connectivity index (χ4n) is 1.60. The highest BCUT2D eigenvalue weighted by Gasteiger charge is 2.46. The fourth-order valence-corrected chi connectivity index (χ4v) is 1.60. The van der Waals surface area contributed by atoms with E-state index < -0.39 is 11.6 Å². The Hall–Kier alpha value is -0.610. The first-order valence-electron chi connectivity index (χ1n) is 4.01. The maximum Gasteiger partial charge on any atom is 0.335 e. The second-order valence-corrected chi connectivity index (χ2v) is 3.56. The lowest BCUT2D eigenvalue weighted by Gasteiger charge is -2.18. The Morgan fingerprint density at radius 2 is 2.33 bits per heavy atom. The molecule has 1 heterocycles. The van der Waals surface area contributed by atoms with E-state index >= 15 is 0 Å². The first kappa shape index (κ1) is 9.48. The molecule has 0 bridgehead atoms. The Labute approximate surface area is 71.2 Å². The Morgan fingerprint density at radius 3 is 2.58 bits per heavy atom. The minimum absolute atomic E-state index is 0.107. The van der Waals surface area contributed by atoms with Gasteiger partial charge in [-0.2, -0.15) is 0 Å². The summed E-state index contributed by atoms with van der Waals surface area (Å²) >= 11 is 0. The predicted octanol–water partition coefficient (Wildman–Crippen LogP) is 0.247. The number of carboxylic acids is 1. The first-order chi connectivity index (χ1) is 5.49. The van der Waals surface area contributed by atoms with E-state index in [0.29, 0.717) is 6.42 Å². The van der Waals surface area contributed by atoms with E-state index in [4.69, 9.17) is 14.9 Å². The van der Waals surface area contributed by atoms with Gasteiger partial charge in [0.25, 0.3) is 0 Å². The van der Waals surface area contributed by atoms with Crippen molar-refractivity contribution < 1.29 is 19.7 Å². The van der Waals surface area contributed by atoms with Gasteiger partial charge in [0, 0.05) is 0 Å². The van der Waals surface area contributed by atoms with E-state index in [-0.39, 0.29) is 18.6 Å². The molecule has 4 heteroatoms. The van der Waals surface area contributed by atoms with Crippen molar-refractivity contribution in [3.63, 3.8) is 0 Å². The van der Waals surface area contributed by atoms with E-state index in [1.165, 1.54) is 0 Å². The molecule has 0 aromatic carbocycles. The molecule has 0 aliphatic carbocycles. The summed E-state index contributed by atoms with van der Waals surface area (Å²) in [5.74, 6) is -0.846. The highest BCUT2D eigenvalue weighted by molar-refractivity contribution is 5.77. The van der Waals surface area contributed by atoms with E-state index in [2.05, 4.69) is 0 Å². The van der Waals surface area contributed by atoms with E-state index in [0.717, 1.165) is 0 Å². The van der Waals surface area contributed by atoms with Crippen LogP contribution in [0.15, 0.2) is 0 Å². The van der Waals surface area contributed by atoms with E-state index in [1.807, 2.05) is 6.92 Å². The number of carbonyl (C=O) groups is 1. The topological polar surface area (TPSA) is 66.8 Å². The number of aliphatic carboxylic acids is 1. The van der Waals surface area contributed by atoms with Crippen LogP contribution >= 0.6 is 0 Å². The fraction of sp³-hybridized carbons (Fsp3) is 0.875. The minimum Gasteiger partial charge on any atom is -0.479 e. The molecule has 3 unspecified atom stereocenters. The second kappa shape index (κ2) is 3.03. The maximum absolute atomic E-state index is 10.7. The van der Waals surface area contributed by atoms with Gasteiger partial charge in [0.05, 0.1) is 12.7 Å². The zero-order chi connectivity index (χ0) is 9.35. The normalized spacial score (nSPS) is 41.6. The van der Waals surface area contributed by atoms with Gasteiger partial charge >= 0.3 is 5.97 Å². The van der Waals surface area contributed by atoms with Crippen LogP contribution in [0, 0.1) is 5.92 Å². The molecular formula is C8H14O4. The van der Waals surface area contributed by atoms with Gasteiger partial charge in [0.1, 0.15) is 0 Å². The third kappa shape index (κ3) is 1.44. The van der Waals surface area contributed by atoms with Crippen LogP contribution in [-0.4, -0.2) is 34.5 Å². The van der Waals surface area contributed by atoms with Crippen LogP contribution in [0.4, 0.5) is 0 Å².